The highest BCUT2D eigenvalue weighted by atomic mass is 32.2. The maximum atomic E-state index is 15.2. The van der Waals surface area contributed by atoms with Gasteiger partial charge in [-0.25, -0.2) is 4.79 Å². The highest BCUT2D eigenvalue weighted by molar-refractivity contribution is 7.99. The number of piperazine rings is 1. The van der Waals surface area contributed by atoms with E-state index in [2.05, 4.69) is 47.6 Å². The summed E-state index contributed by atoms with van der Waals surface area (Å²) in [5.41, 5.74) is 8.12. The number of aromatic hydroxyl groups is 1. The normalized spacial score (nSPS) is 28.9. The zero-order chi connectivity index (χ0) is 40.8. The molecular weight excluding hydrogens is 765 g/mol. The van der Waals surface area contributed by atoms with Crippen LogP contribution in [0.1, 0.15) is 86.3 Å². The number of aryl methyl sites for hydroxylation is 1. The van der Waals surface area contributed by atoms with E-state index in [1.165, 1.54) is 11.1 Å². The Morgan fingerprint density at radius 3 is 2.52 bits per heavy atom. The fourth-order valence-corrected chi connectivity index (χ4v) is 13.1. The minimum absolute atomic E-state index is 0.00365. The Bertz CT molecular complexity index is 2310. The smallest absolute Gasteiger partial charge is 0.373 e. The van der Waals surface area contributed by atoms with E-state index in [0.717, 1.165) is 51.4 Å². The number of carbonyl (C=O) groups is 1. The van der Waals surface area contributed by atoms with Crippen LogP contribution in [0.15, 0.2) is 18.2 Å². The molecule has 58 heavy (non-hydrogen) atoms. The number of esters is 1. The van der Waals surface area contributed by atoms with E-state index in [9.17, 15) is 15.5 Å². The Morgan fingerprint density at radius 1 is 1.02 bits per heavy atom. The van der Waals surface area contributed by atoms with Crippen molar-refractivity contribution >= 4 is 23.9 Å². The van der Waals surface area contributed by atoms with Crippen LogP contribution in [0.2, 0.25) is 0 Å². The fraction of sp³-hybridized carbons (Fsp3) is 0.512. The number of aliphatic hydroxyl groups is 1. The molecule has 0 aliphatic carbocycles. The Morgan fingerprint density at radius 2 is 1.79 bits per heavy atom. The minimum atomic E-state index is -1.33. The zero-order valence-corrected chi connectivity index (χ0v) is 33.9. The van der Waals surface area contributed by atoms with E-state index in [-0.39, 0.29) is 68.1 Å². The molecule has 7 aliphatic rings. The first-order chi connectivity index (χ1) is 28.1. The Kier molecular flexibility index (Phi) is 9.66. The van der Waals surface area contributed by atoms with Gasteiger partial charge in [-0.2, -0.15) is 14.9 Å². The van der Waals surface area contributed by atoms with Crippen LogP contribution in [0.5, 0.6) is 28.7 Å². The average molecular weight is 811 g/mol. The summed E-state index contributed by atoms with van der Waals surface area (Å²) in [5.74, 6) is 2.71. The van der Waals surface area contributed by atoms with Gasteiger partial charge in [0.25, 0.3) is 0 Å². The number of likely N-dealkylation sites (N-methyl/N-ethyl adjacent to an activating group) is 1. The standard InChI is InChI=1S/C42H46N4O8S.CO2/c1-6-45-28-13-24-11-20(2)36(50-5)38-32(24)34(45)35-40-31-21(3)22(4)37-39(54-19-53-37)33(31)27(46(35)29(28)15-43)8-10-51-41(49)42(17-55-40)26-12-25(16-47)30(48)14-23(26)7-9-44(42)18-52-38;2-1-3/h11-12,14,27-29,34-35,40,47-48H,6-10,13,16-19H2,1-5H3;/t27-,28-,29-,34+,35+,40+,42+;/m0./s1. The van der Waals surface area contributed by atoms with Crippen molar-refractivity contribution in [1.29, 1.82) is 5.26 Å². The number of methoxy groups -OCH3 is 1. The molecule has 10 rings (SSSR count). The summed E-state index contributed by atoms with van der Waals surface area (Å²) in [4.78, 5) is 38.5. The Labute approximate surface area is 340 Å². The van der Waals surface area contributed by atoms with E-state index < -0.39 is 17.6 Å². The average Bonchev–Trinajstić information content (AvgIpc) is 3.69. The molecule has 2 N–H and O–H groups in total. The highest BCUT2D eigenvalue weighted by Gasteiger charge is 2.62. The summed E-state index contributed by atoms with van der Waals surface area (Å²) in [6.07, 6.45) is 1.93. The van der Waals surface area contributed by atoms with Crippen LogP contribution in [0.4, 0.5) is 0 Å². The predicted molar refractivity (Wildman–Crippen MR) is 208 cm³/mol. The summed E-state index contributed by atoms with van der Waals surface area (Å²) in [5, 5.41) is 32.4. The third-order valence-corrected chi connectivity index (χ3v) is 15.2. The number of phenols is 1. The maximum Gasteiger partial charge on any atom is 0.373 e. The van der Waals surface area contributed by atoms with Crippen molar-refractivity contribution in [2.75, 3.05) is 46.1 Å². The monoisotopic (exact) mass is 810 g/mol. The van der Waals surface area contributed by atoms with Crippen molar-refractivity contribution in [2.24, 2.45) is 0 Å². The second kappa shape index (κ2) is 14.5. The van der Waals surface area contributed by atoms with Crippen molar-refractivity contribution in [1.82, 2.24) is 14.7 Å². The molecule has 1 fully saturated rings. The molecule has 7 aliphatic heterocycles. The van der Waals surface area contributed by atoms with Gasteiger partial charge in [-0.1, -0.05) is 13.0 Å². The number of aliphatic hydroxyl groups excluding tert-OH is 1. The quantitative estimate of drug-likeness (QED) is 0.357. The van der Waals surface area contributed by atoms with Gasteiger partial charge in [0.1, 0.15) is 18.5 Å². The molecule has 7 atom stereocenters. The molecule has 3 aromatic carbocycles. The second-order valence-corrected chi connectivity index (χ2v) is 17.2. The number of thioether (sulfide) groups is 1. The van der Waals surface area contributed by atoms with Crippen molar-refractivity contribution < 1.29 is 48.3 Å². The molecule has 0 unspecified atom stereocenters. The first kappa shape index (κ1) is 38.7. The SMILES string of the molecule is CCN1[C@@H]2c3c4cc(C)c(OC)c3OCN3CCc5cc(O)c(CO)cc5[C@@]35CS[C@@H]3c6c(C)c(C)c7c(c6[C@H](CCOC5=O)N([C@@H]32)[C@@H](C#N)[C@@H]1C4)OCO7.O=C=O. The van der Waals surface area contributed by atoms with E-state index in [1.807, 2.05) is 6.92 Å². The predicted octanol–water partition coefficient (Wildman–Crippen LogP) is 4.41. The van der Waals surface area contributed by atoms with Crippen molar-refractivity contribution in [3.05, 3.63) is 73.8 Å². The number of hydrogen-bond acceptors (Lipinski definition) is 15. The van der Waals surface area contributed by atoms with E-state index in [4.69, 9.17) is 33.3 Å². The highest BCUT2D eigenvalue weighted by Crippen LogP contribution is 2.64. The van der Waals surface area contributed by atoms with Crippen LogP contribution in [0, 0.1) is 32.1 Å². The van der Waals surface area contributed by atoms with Crippen LogP contribution in [0.25, 0.3) is 0 Å². The van der Waals surface area contributed by atoms with Gasteiger partial charge in [0, 0.05) is 58.8 Å². The van der Waals surface area contributed by atoms with Crippen LogP contribution in [0.3, 0.4) is 0 Å². The number of rotatable bonds is 3. The summed E-state index contributed by atoms with van der Waals surface area (Å²) < 4.78 is 32.3. The largest absolute Gasteiger partial charge is 0.508 e. The summed E-state index contributed by atoms with van der Waals surface area (Å²) in [7, 11) is 1.68. The van der Waals surface area contributed by atoms with Gasteiger partial charge in [-0.15, -0.1) is 11.8 Å². The van der Waals surface area contributed by atoms with Gasteiger partial charge >= 0.3 is 12.1 Å². The fourth-order valence-electron chi connectivity index (χ4n) is 11.3. The number of nitrogens with zero attached hydrogens (tertiary/aromatic N) is 4. The van der Waals surface area contributed by atoms with Crippen LogP contribution >= 0.6 is 11.8 Å². The molecule has 15 heteroatoms. The topological polar surface area (TPSA) is 171 Å². The molecule has 0 saturated carbocycles. The lowest BCUT2D eigenvalue weighted by molar-refractivity contribution is -0.191. The molecule has 1 saturated heterocycles. The molecule has 0 radical (unpaired) electrons. The summed E-state index contributed by atoms with van der Waals surface area (Å²) >= 11 is 1.73. The first-order valence-corrected chi connectivity index (χ1v) is 20.8. The molecule has 5 bridgehead atoms. The van der Waals surface area contributed by atoms with Crippen LogP contribution in [-0.2, 0) is 44.1 Å². The molecule has 0 amide bonds. The number of cyclic esters (lactones) is 1. The summed E-state index contributed by atoms with van der Waals surface area (Å²) in [6.45, 7) is 9.62. The van der Waals surface area contributed by atoms with E-state index in [0.29, 0.717) is 54.2 Å². The molecule has 7 heterocycles. The summed E-state index contributed by atoms with van der Waals surface area (Å²) in [6, 6.07) is 7.27. The lowest BCUT2D eigenvalue weighted by Crippen LogP contribution is -2.69. The Hall–Kier alpha value is -4.81. The third-order valence-electron chi connectivity index (χ3n) is 13.8. The molecule has 3 aromatic rings. The van der Waals surface area contributed by atoms with E-state index in [1.54, 1.807) is 31.0 Å². The maximum absolute atomic E-state index is 15.2. The molecule has 1 spiro atoms. The van der Waals surface area contributed by atoms with Crippen molar-refractivity contribution in [3.63, 3.8) is 0 Å². The lowest BCUT2D eigenvalue weighted by Gasteiger charge is -2.62. The van der Waals surface area contributed by atoms with Crippen LogP contribution in [-0.4, -0.2) is 101 Å². The van der Waals surface area contributed by atoms with Crippen LogP contribution < -0.4 is 18.9 Å². The van der Waals surface area contributed by atoms with Gasteiger partial charge in [0.2, 0.25) is 6.79 Å². The minimum Gasteiger partial charge on any atom is -0.508 e. The van der Waals surface area contributed by atoms with Gasteiger partial charge in [-0.05, 0) is 91.2 Å². The molecule has 304 valence electrons. The molecular formula is C43H46N4O10S. The number of ether oxygens (including phenoxy) is 5. The van der Waals surface area contributed by atoms with Gasteiger partial charge in [0.05, 0.1) is 32.4 Å². The first-order valence-electron chi connectivity index (χ1n) is 19.8. The number of carbonyl (C=O) groups excluding carboxylic acids is 3. The van der Waals surface area contributed by atoms with E-state index >= 15 is 4.79 Å². The number of hydrogen-bond donors (Lipinski definition) is 2. The van der Waals surface area contributed by atoms with Crippen molar-refractivity contribution in [3.8, 4) is 34.8 Å². The molecule has 14 nitrogen and oxygen atoms in total. The number of benzene rings is 3. The Balaban J connectivity index is 0.00000141. The third kappa shape index (κ3) is 5.22. The molecule has 0 aromatic heterocycles. The lowest BCUT2D eigenvalue weighted by atomic mass is 9.70. The second-order valence-electron chi connectivity index (χ2n) is 16.0. The zero-order valence-electron chi connectivity index (χ0n) is 33.1. The number of fused-ring (bicyclic) bond motifs is 5. The van der Waals surface area contributed by atoms with Gasteiger partial charge in [-0.3, -0.25) is 14.7 Å². The van der Waals surface area contributed by atoms with Gasteiger partial charge < -0.3 is 33.9 Å². The van der Waals surface area contributed by atoms with Gasteiger partial charge in [0.15, 0.2) is 28.5 Å². The van der Waals surface area contributed by atoms with Crippen molar-refractivity contribution in [2.45, 2.75) is 94.6 Å². The number of nitriles is 1.